The van der Waals surface area contributed by atoms with Gasteiger partial charge in [0.1, 0.15) is 11.6 Å². The Labute approximate surface area is 155 Å². The molecule has 1 N–H and O–H groups in total. The van der Waals surface area contributed by atoms with Crippen molar-refractivity contribution in [1.29, 1.82) is 0 Å². The second-order valence-corrected chi connectivity index (χ2v) is 8.70. The number of piperidine rings is 1. The van der Waals surface area contributed by atoms with E-state index < -0.39 is 10.0 Å². The third-order valence-electron chi connectivity index (χ3n) is 4.49. The molecule has 1 aliphatic rings. The Kier molecular flexibility index (Phi) is 5.88. The van der Waals surface area contributed by atoms with Crippen LogP contribution in [-0.2, 0) is 22.3 Å². The highest BCUT2D eigenvalue weighted by molar-refractivity contribution is 7.88. The van der Waals surface area contributed by atoms with Gasteiger partial charge in [0, 0.05) is 24.8 Å². The smallest absolute Gasteiger partial charge is 0.216 e. The molecular formula is C19H26N4O2S. The number of hydrogen-bond donors (Lipinski definition) is 1. The first kappa shape index (κ1) is 18.8. The van der Waals surface area contributed by atoms with Gasteiger partial charge in [-0.25, -0.2) is 23.1 Å². The first-order chi connectivity index (χ1) is 12.4. The maximum atomic E-state index is 12.4. The van der Waals surface area contributed by atoms with E-state index in [1.54, 1.807) is 0 Å². The normalized spacial score (nSPS) is 15.2. The Morgan fingerprint density at radius 1 is 1.04 bits per heavy atom. The van der Waals surface area contributed by atoms with Crippen molar-refractivity contribution in [2.45, 2.75) is 45.4 Å². The highest BCUT2D eigenvalue weighted by atomic mass is 32.2. The van der Waals surface area contributed by atoms with Gasteiger partial charge in [0.15, 0.2) is 0 Å². The second-order valence-electron chi connectivity index (χ2n) is 6.90. The number of aryl methyl sites for hydroxylation is 2. The summed E-state index contributed by atoms with van der Waals surface area (Å²) in [6.45, 7) is 5.99. The van der Waals surface area contributed by atoms with Crippen molar-refractivity contribution >= 4 is 15.8 Å². The number of rotatable bonds is 6. The quantitative estimate of drug-likeness (QED) is 0.841. The monoisotopic (exact) mass is 374 g/mol. The predicted octanol–water partition coefficient (Wildman–Crippen LogP) is 2.70. The lowest BCUT2D eigenvalue weighted by atomic mass is 10.1. The van der Waals surface area contributed by atoms with Gasteiger partial charge in [-0.15, -0.1) is 0 Å². The fraction of sp³-hybridized carbons (Fsp3) is 0.474. The number of benzene rings is 1. The van der Waals surface area contributed by atoms with E-state index >= 15 is 0 Å². The maximum Gasteiger partial charge on any atom is 0.216 e. The van der Waals surface area contributed by atoms with E-state index in [0.717, 1.165) is 35.7 Å². The number of nitrogens with one attached hydrogen (secondary N) is 1. The Morgan fingerprint density at radius 3 is 2.42 bits per heavy atom. The molecule has 0 saturated carbocycles. The van der Waals surface area contributed by atoms with Crippen LogP contribution >= 0.6 is 0 Å². The van der Waals surface area contributed by atoms with Crippen molar-refractivity contribution in [3.8, 4) is 0 Å². The first-order valence-electron chi connectivity index (χ1n) is 9.04. The minimum Gasteiger partial charge on any atom is -0.357 e. The molecule has 0 aliphatic carbocycles. The molecule has 140 valence electrons. The lowest BCUT2D eigenvalue weighted by Crippen LogP contribution is -2.31. The third kappa shape index (κ3) is 5.25. The van der Waals surface area contributed by atoms with Gasteiger partial charge in [-0.05, 0) is 38.7 Å². The van der Waals surface area contributed by atoms with Gasteiger partial charge in [0.25, 0.3) is 0 Å². The molecule has 1 saturated heterocycles. The summed E-state index contributed by atoms with van der Waals surface area (Å²) < 4.78 is 27.3. The highest BCUT2D eigenvalue weighted by Gasteiger charge is 2.16. The Morgan fingerprint density at radius 2 is 1.73 bits per heavy atom. The molecule has 6 nitrogen and oxygen atoms in total. The van der Waals surface area contributed by atoms with Crippen LogP contribution in [0.15, 0.2) is 30.3 Å². The summed E-state index contributed by atoms with van der Waals surface area (Å²) >= 11 is 0. The fourth-order valence-electron chi connectivity index (χ4n) is 3.11. The summed E-state index contributed by atoms with van der Waals surface area (Å²) in [6, 6.07) is 9.48. The van der Waals surface area contributed by atoms with Crippen LogP contribution in [0.3, 0.4) is 0 Å². The van der Waals surface area contributed by atoms with Crippen LogP contribution in [0.4, 0.5) is 5.82 Å². The fourth-order valence-corrected chi connectivity index (χ4v) is 4.19. The van der Waals surface area contributed by atoms with E-state index in [1.807, 2.05) is 44.2 Å². The summed E-state index contributed by atoms with van der Waals surface area (Å²) in [6.07, 6.45) is 3.59. The molecule has 1 fully saturated rings. The summed E-state index contributed by atoms with van der Waals surface area (Å²) in [5, 5.41) is 0. The largest absolute Gasteiger partial charge is 0.357 e. The van der Waals surface area contributed by atoms with Gasteiger partial charge < -0.3 is 4.90 Å². The minimum absolute atomic E-state index is 0.0436. The van der Waals surface area contributed by atoms with Crippen LogP contribution in [0.1, 0.15) is 41.9 Å². The van der Waals surface area contributed by atoms with Gasteiger partial charge in [-0.2, -0.15) is 0 Å². The SMILES string of the molecule is Cc1ccc(CS(=O)(=O)NCc2nc(C)cc(N3CCCCC3)n2)cc1. The Balaban J connectivity index is 1.66. The van der Waals surface area contributed by atoms with Gasteiger partial charge in [0.2, 0.25) is 10.0 Å². The number of anilines is 1. The summed E-state index contributed by atoms with van der Waals surface area (Å²) in [5.41, 5.74) is 2.73. The first-order valence-corrected chi connectivity index (χ1v) is 10.7. The summed E-state index contributed by atoms with van der Waals surface area (Å²) in [7, 11) is -3.44. The van der Waals surface area contributed by atoms with E-state index in [2.05, 4.69) is 19.6 Å². The molecule has 0 unspecified atom stereocenters. The standard InChI is InChI=1S/C19H26N4O2S/c1-15-6-8-17(9-7-15)14-26(24,25)20-13-18-21-16(2)12-19(22-18)23-10-4-3-5-11-23/h6-9,12,20H,3-5,10-11,13-14H2,1-2H3. The van der Waals surface area contributed by atoms with Crippen LogP contribution < -0.4 is 9.62 Å². The molecule has 2 aromatic rings. The highest BCUT2D eigenvalue weighted by Crippen LogP contribution is 2.18. The van der Waals surface area contributed by atoms with Crippen molar-refractivity contribution in [1.82, 2.24) is 14.7 Å². The molecular weight excluding hydrogens is 348 g/mol. The molecule has 0 amide bonds. The van der Waals surface area contributed by atoms with Gasteiger partial charge >= 0.3 is 0 Å². The van der Waals surface area contributed by atoms with E-state index in [4.69, 9.17) is 0 Å². The molecule has 7 heteroatoms. The molecule has 3 rings (SSSR count). The van der Waals surface area contributed by atoms with Crippen molar-refractivity contribution in [2.75, 3.05) is 18.0 Å². The van der Waals surface area contributed by atoms with Gasteiger partial charge in [-0.3, -0.25) is 0 Å². The number of sulfonamides is 1. The average molecular weight is 375 g/mol. The third-order valence-corrected chi connectivity index (χ3v) is 5.79. The molecule has 1 aromatic heterocycles. The Hall–Kier alpha value is -1.99. The van der Waals surface area contributed by atoms with E-state index in [0.29, 0.717) is 5.82 Å². The zero-order valence-electron chi connectivity index (χ0n) is 15.4. The number of hydrogen-bond acceptors (Lipinski definition) is 5. The van der Waals surface area contributed by atoms with Crippen molar-refractivity contribution in [3.63, 3.8) is 0 Å². The molecule has 26 heavy (non-hydrogen) atoms. The second kappa shape index (κ2) is 8.14. The van der Waals surface area contributed by atoms with Crippen LogP contribution in [-0.4, -0.2) is 31.5 Å². The zero-order valence-corrected chi connectivity index (χ0v) is 16.2. The summed E-state index contributed by atoms with van der Waals surface area (Å²) in [4.78, 5) is 11.2. The zero-order chi connectivity index (χ0) is 18.6. The predicted molar refractivity (Wildman–Crippen MR) is 103 cm³/mol. The van der Waals surface area contributed by atoms with Crippen LogP contribution in [0.25, 0.3) is 0 Å². The van der Waals surface area contributed by atoms with Crippen LogP contribution in [0.5, 0.6) is 0 Å². The molecule has 0 spiro atoms. The topological polar surface area (TPSA) is 75.2 Å². The maximum absolute atomic E-state index is 12.4. The van der Waals surface area contributed by atoms with Crippen molar-refractivity contribution in [2.24, 2.45) is 0 Å². The molecule has 0 atom stereocenters. The van der Waals surface area contributed by atoms with Gasteiger partial charge in [-0.1, -0.05) is 29.8 Å². The van der Waals surface area contributed by atoms with Crippen molar-refractivity contribution < 1.29 is 8.42 Å². The van der Waals surface area contributed by atoms with E-state index in [-0.39, 0.29) is 12.3 Å². The molecule has 2 heterocycles. The minimum atomic E-state index is -3.44. The van der Waals surface area contributed by atoms with Crippen LogP contribution in [0, 0.1) is 13.8 Å². The number of nitrogens with zero attached hydrogens (tertiary/aromatic N) is 3. The summed E-state index contributed by atoms with van der Waals surface area (Å²) in [5.74, 6) is 1.36. The van der Waals surface area contributed by atoms with E-state index in [1.165, 1.54) is 19.3 Å². The molecule has 1 aliphatic heterocycles. The molecule has 1 aromatic carbocycles. The van der Waals surface area contributed by atoms with E-state index in [9.17, 15) is 8.42 Å². The molecule has 0 radical (unpaired) electrons. The average Bonchev–Trinajstić information content (AvgIpc) is 2.62. The van der Waals surface area contributed by atoms with Crippen molar-refractivity contribution in [3.05, 3.63) is 53.0 Å². The lowest BCUT2D eigenvalue weighted by Gasteiger charge is -2.28. The van der Waals surface area contributed by atoms with Crippen LogP contribution in [0.2, 0.25) is 0 Å². The Bertz CT molecular complexity index is 844. The van der Waals surface area contributed by atoms with Gasteiger partial charge in [0.05, 0.1) is 12.3 Å². The lowest BCUT2D eigenvalue weighted by molar-refractivity contribution is 0.569. The number of aromatic nitrogens is 2. The molecule has 0 bridgehead atoms.